The predicted octanol–water partition coefficient (Wildman–Crippen LogP) is 0.109. The van der Waals surface area contributed by atoms with Crippen LogP contribution in [0.15, 0.2) is 29.1 Å². The first-order valence-electron chi connectivity index (χ1n) is 8.34. The van der Waals surface area contributed by atoms with Crippen molar-refractivity contribution in [1.82, 2.24) is 15.2 Å². The van der Waals surface area contributed by atoms with Crippen LogP contribution in [0.2, 0.25) is 4.34 Å². The summed E-state index contributed by atoms with van der Waals surface area (Å²) in [6.07, 6.45) is 1.37. The number of carbonyl (C=O) groups is 4. The zero-order valence-corrected chi connectivity index (χ0v) is 17.8. The average Bonchev–Trinajstić information content (AvgIpc) is 3.05. The molecule has 12 nitrogen and oxygen atoms in total. The summed E-state index contributed by atoms with van der Waals surface area (Å²) in [5.41, 5.74) is 5.15. The lowest BCUT2D eigenvalue weighted by molar-refractivity contribution is -0.150. The van der Waals surface area contributed by atoms with Gasteiger partial charge in [-0.15, -0.1) is 11.8 Å². The minimum Gasteiger partial charge on any atom is -0.479 e. The van der Waals surface area contributed by atoms with Gasteiger partial charge < -0.3 is 26.1 Å². The summed E-state index contributed by atoms with van der Waals surface area (Å²) >= 11 is 8.12. The van der Waals surface area contributed by atoms with Crippen molar-refractivity contribution in [3.63, 3.8) is 0 Å². The number of aromatic nitrogens is 1. The standard InChI is InChI=1S/C16H14ClN5O7S2/c1-2-5-4-30-14-9(13(26)22(14)10(5)15(27)28)19-12(25)8(21-29-3-6(23)24)7-11(17)31-16(18)20-7/h2,9,14H,1,3-4H2,(H2,18,20)(H,19,25)(H,23,24)(H,27,28)/t9?,14-/m0/s1. The van der Waals surface area contributed by atoms with Gasteiger partial charge in [-0.1, -0.05) is 40.7 Å². The third-order valence-electron chi connectivity index (χ3n) is 4.12. The molecule has 3 rings (SSSR count). The van der Waals surface area contributed by atoms with E-state index in [1.165, 1.54) is 17.8 Å². The Morgan fingerprint density at radius 2 is 2.16 bits per heavy atom. The smallest absolute Gasteiger partial charge is 0.352 e. The van der Waals surface area contributed by atoms with Crippen molar-refractivity contribution in [2.75, 3.05) is 18.1 Å². The van der Waals surface area contributed by atoms with E-state index in [1.807, 2.05) is 0 Å². The van der Waals surface area contributed by atoms with E-state index < -0.39 is 47.5 Å². The number of nitrogens with one attached hydrogen (secondary N) is 1. The fourth-order valence-corrected chi connectivity index (χ4v) is 5.09. The number of allylic oxidation sites excluding steroid dienone is 1. The second kappa shape index (κ2) is 8.95. The van der Waals surface area contributed by atoms with Gasteiger partial charge in [0.25, 0.3) is 11.8 Å². The highest BCUT2D eigenvalue weighted by Gasteiger charge is 2.54. The van der Waals surface area contributed by atoms with Crippen molar-refractivity contribution in [1.29, 1.82) is 0 Å². The fourth-order valence-electron chi connectivity index (χ4n) is 2.82. The van der Waals surface area contributed by atoms with E-state index in [9.17, 15) is 24.3 Å². The zero-order valence-electron chi connectivity index (χ0n) is 15.4. The van der Waals surface area contributed by atoms with Gasteiger partial charge in [0, 0.05) is 5.75 Å². The molecule has 5 N–H and O–H groups in total. The van der Waals surface area contributed by atoms with Gasteiger partial charge in [-0.25, -0.2) is 14.6 Å². The minimum absolute atomic E-state index is 0.00523. The Morgan fingerprint density at radius 1 is 1.45 bits per heavy atom. The van der Waals surface area contributed by atoms with Gasteiger partial charge in [0.1, 0.15) is 27.1 Å². The second-order valence-corrected chi connectivity index (χ2v) is 8.76. The summed E-state index contributed by atoms with van der Waals surface area (Å²) in [5.74, 6) is -3.90. The van der Waals surface area contributed by atoms with Crippen LogP contribution in [0.5, 0.6) is 0 Å². The van der Waals surface area contributed by atoms with E-state index in [0.29, 0.717) is 5.57 Å². The molecule has 0 aromatic carbocycles. The molecule has 2 atom stereocenters. The van der Waals surface area contributed by atoms with E-state index in [0.717, 1.165) is 16.2 Å². The van der Waals surface area contributed by atoms with Crippen LogP contribution in [-0.4, -0.2) is 73.3 Å². The summed E-state index contributed by atoms with van der Waals surface area (Å²) < 4.78 is 0.00523. The number of hydrogen-bond acceptors (Lipinski definition) is 10. The number of carboxylic acid groups (broad SMARTS) is 2. The molecular weight excluding hydrogens is 474 g/mol. The Bertz CT molecular complexity index is 1050. The Balaban J connectivity index is 1.83. The molecule has 0 bridgehead atoms. The Kier molecular flexibility index (Phi) is 6.52. The molecule has 15 heteroatoms. The molecule has 3 heterocycles. The van der Waals surface area contributed by atoms with Crippen molar-refractivity contribution in [2.24, 2.45) is 5.16 Å². The number of rotatable bonds is 8. The molecule has 0 radical (unpaired) electrons. The SMILES string of the molecule is C=CC1=C(C(=O)O)N2C(=O)C(NC(=O)C(=NOCC(=O)O)c3nc(N)sc3Cl)[C@@H]2SC1. The molecule has 0 spiro atoms. The van der Waals surface area contributed by atoms with Crippen molar-refractivity contribution >= 4 is 69.3 Å². The number of oxime groups is 1. The summed E-state index contributed by atoms with van der Waals surface area (Å²) in [5, 5.41) is 23.4. The molecule has 2 aliphatic rings. The fraction of sp³-hybridized carbons (Fsp3) is 0.250. The highest BCUT2D eigenvalue weighted by Crippen LogP contribution is 2.40. The number of amides is 2. The number of thiazole rings is 1. The Labute approximate surface area is 187 Å². The van der Waals surface area contributed by atoms with Crippen LogP contribution in [0.3, 0.4) is 0 Å². The largest absolute Gasteiger partial charge is 0.479 e. The molecule has 0 saturated carbocycles. The molecule has 2 amide bonds. The molecule has 0 aliphatic carbocycles. The number of carboxylic acids is 2. The lowest BCUT2D eigenvalue weighted by Gasteiger charge is -2.49. The number of carbonyl (C=O) groups excluding carboxylic acids is 2. The molecule has 1 aromatic heterocycles. The average molecular weight is 488 g/mol. The summed E-state index contributed by atoms with van der Waals surface area (Å²) in [4.78, 5) is 57.2. The minimum atomic E-state index is -1.33. The highest BCUT2D eigenvalue weighted by atomic mass is 35.5. The molecule has 1 aromatic rings. The number of nitrogens with two attached hydrogens (primary N) is 1. The topological polar surface area (TPSA) is 185 Å². The van der Waals surface area contributed by atoms with E-state index in [2.05, 4.69) is 26.9 Å². The quantitative estimate of drug-likeness (QED) is 0.223. The van der Waals surface area contributed by atoms with Crippen LogP contribution >= 0.6 is 34.7 Å². The van der Waals surface area contributed by atoms with E-state index in [1.54, 1.807) is 0 Å². The molecule has 31 heavy (non-hydrogen) atoms. The van der Waals surface area contributed by atoms with Crippen LogP contribution in [0.25, 0.3) is 0 Å². The number of fused-ring (bicyclic) bond motifs is 1. The molecular formula is C16H14ClN5O7S2. The maximum atomic E-state index is 12.8. The number of aliphatic carboxylic acids is 2. The van der Waals surface area contributed by atoms with Gasteiger partial charge in [0.05, 0.1) is 0 Å². The van der Waals surface area contributed by atoms with Gasteiger partial charge in [0.2, 0.25) is 6.61 Å². The van der Waals surface area contributed by atoms with Crippen LogP contribution in [0.1, 0.15) is 5.69 Å². The van der Waals surface area contributed by atoms with Crippen LogP contribution < -0.4 is 11.1 Å². The molecule has 1 fully saturated rings. The van der Waals surface area contributed by atoms with Crippen LogP contribution in [0, 0.1) is 0 Å². The molecule has 1 saturated heterocycles. The maximum Gasteiger partial charge on any atom is 0.352 e. The first-order valence-corrected chi connectivity index (χ1v) is 10.6. The molecule has 1 unspecified atom stereocenters. The van der Waals surface area contributed by atoms with Crippen molar-refractivity contribution in [3.8, 4) is 0 Å². The third kappa shape index (κ3) is 4.35. The van der Waals surface area contributed by atoms with Crippen LogP contribution in [-0.2, 0) is 24.0 Å². The number of thioether (sulfide) groups is 1. The molecule has 164 valence electrons. The predicted molar refractivity (Wildman–Crippen MR) is 112 cm³/mol. The summed E-state index contributed by atoms with van der Waals surface area (Å²) in [6.45, 7) is 2.72. The van der Waals surface area contributed by atoms with Crippen molar-refractivity contribution in [2.45, 2.75) is 11.4 Å². The monoisotopic (exact) mass is 487 g/mol. The van der Waals surface area contributed by atoms with E-state index in [-0.39, 0.29) is 26.6 Å². The zero-order chi connectivity index (χ0) is 22.9. The number of β-lactam (4-membered cyclic amide) rings is 1. The lowest BCUT2D eigenvalue weighted by atomic mass is 10.0. The number of anilines is 1. The molecule has 2 aliphatic heterocycles. The third-order valence-corrected chi connectivity index (χ3v) is 6.50. The number of hydrogen-bond donors (Lipinski definition) is 4. The number of halogens is 1. The lowest BCUT2D eigenvalue weighted by Crippen LogP contribution is -2.71. The highest BCUT2D eigenvalue weighted by molar-refractivity contribution is 8.00. The van der Waals surface area contributed by atoms with Gasteiger partial charge in [-0.3, -0.25) is 14.5 Å². The first kappa shape index (κ1) is 22.6. The van der Waals surface area contributed by atoms with Gasteiger partial charge in [-0.2, -0.15) is 0 Å². The first-order chi connectivity index (χ1) is 14.6. The van der Waals surface area contributed by atoms with E-state index >= 15 is 0 Å². The van der Waals surface area contributed by atoms with Crippen LogP contribution in [0.4, 0.5) is 5.13 Å². The van der Waals surface area contributed by atoms with Gasteiger partial charge >= 0.3 is 11.9 Å². The second-order valence-electron chi connectivity index (χ2n) is 6.03. The van der Waals surface area contributed by atoms with Crippen molar-refractivity contribution < 1.29 is 34.2 Å². The number of nitrogens with zero attached hydrogens (tertiary/aromatic N) is 3. The maximum absolute atomic E-state index is 12.8. The summed E-state index contributed by atoms with van der Waals surface area (Å²) in [6, 6.07) is -1.06. The van der Waals surface area contributed by atoms with Gasteiger partial charge in [-0.05, 0) is 5.57 Å². The summed E-state index contributed by atoms with van der Waals surface area (Å²) in [7, 11) is 0. The van der Waals surface area contributed by atoms with Gasteiger partial charge in [0.15, 0.2) is 10.8 Å². The number of nitrogen functional groups attached to an aromatic ring is 1. The van der Waals surface area contributed by atoms with E-state index in [4.69, 9.17) is 22.4 Å². The van der Waals surface area contributed by atoms with Crippen molar-refractivity contribution in [3.05, 3.63) is 34.0 Å². The normalized spacial score (nSPS) is 20.6. The Morgan fingerprint density at radius 3 is 2.71 bits per heavy atom. The Hall–Kier alpha value is -3.10.